The van der Waals surface area contributed by atoms with Gasteiger partial charge in [0.1, 0.15) is 47.7 Å². The molecule has 8 rings (SSSR count). The Hall–Kier alpha value is -4.04. The van der Waals surface area contributed by atoms with Gasteiger partial charge in [0.25, 0.3) is 5.91 Å². The van der Waals surface area contributed by atoms with Gasteiger partial charge >= 0.3 is 14.0 Å². The standard InChI is InChI=1S/C39H40BCl2N3O8S/c1-49-27-7-3-24(4-8-27)20-51-30-12-11-29(31(41)34(30)52-21-25-5-9-28(50-2)10-6-25)35(46)43-23-39-13-16-45(17-14-39,18-15-39)19-26-22-54-37-32(42)36(47)44(37)33(26)38(48)53-40/h3-12,32,37H,13-23H2,1-2H3/p+1/t32-,37-,39?,45?/m1/s1. The van der Waals surface area contributed by atoms with Gasteiger partial charge in [-0.3, -0.25) is 14.5 Å². The van der Waals surface area contributed by atoms with Crippen molar-refractivity contribution in [2.45, 2.75) is 43.2 Å². The highest BCUT2D eigenvalue weighted by molar-refractivity contribution is 8.00. The number of carbonyl (C=O) groups is 3. The number of rotatable bonds is 14. The van der Waals surface area contributed by atoms with E-state index in [-0.39, 0.29) is 52.3 Å². The zero-order chi connectivity index (χ0) is 38.0. The van der Waals surface area contributed by atoms with E-state index >= 15 is 0 Å². The van der Waals surface area contributed by atoms with Crippen molar-refractivity contribution < 1.29 is 42.5 Å². The smallest absolute Gasteiger partial charge is 0.378 e. The molecule has 15 heteroatoms. The van der Waals surface area contributed by atoms with Crippen LogP contribution in [0.2, 0.25) is 5.02 Å². The summed E-state index contributed by atoms with van der Waals surface area (Å²) in [6.45, 7) is 4.24. The van der Waals surface area contributed by atoms with Crippen LogP contribution in [0.25, 0.3) is 0 Å². The van der Waals surface area contributed by atoms with Gasteiger partial charge in [-0.15, -0.1) is 23.4 Å². The monoisotopic (exact) mass is 792 g/mol. The molecule has 0 aliphatic carbocycles. The van der Waals surface area contributed by atoms with E-state index in [1.807, 2.05) is 48.5 Å². The molecule has 0 unspecified atom stereocenters. The van der Waals surface area contributed by atoms with Crippen LogP contribution in [-0.2, 0) is 27.5 Å². The molecular formula is C39H41BCl2N3O8S+. The van der Waals surface area contributed by atoms with Crippen molar-refractivity contribution in [1.82, 2.24) is 10.2 Å². The van der Waals surface area contributed by atoms with Gasteiger partial charge in [0.2, 0.25) is 5.91 Å². The van der Waals surface area contributed by atoms with E-state index < -0.39 is 11.3 Å². The number of hydrogen-bond acceptors (Lipinski definition) is 9. The van der Waals surface area contributed by atoms with Crippen LogP contribution in [0.15, 0.2) is 71.9 Å². The number of amides is 2. The second-order valence-electron chi connectivity index (χ2n) is 14.3. The highest BCUT2D eigenvalue weighted by Gasteiger charge is 2.55. The predicted molar refractivity (Wildman–Crippen MR) is 206 cm³/mol. The van der Waals surface area contributed by atoms with Crippen molar-refractivity contribution in [3.63, 3.8) is 0 Å². The predicted octanol–water partition coefficient (Wildman–Crippen LogP) is 5.65. The number of nitrogens with zero attached hydrogens (tertiary/aromatic N) is 2. The fourth-order valence-electron chi connectivity index (χ4n) is 7.79. The minimum absolute atomic E-state index is 0.0592. The van der Waals surface area contributed by atoms with Gasteiger partial charge in [-0.2, -0.15) is 0 Å². The first-order chi connectivity index (χ1) is 26.1. The van der Waals surface area contributed by atoms with Crippen LogP contribution in [0.5, 0.6) is 23.0 Å². The molecule has 5 aliphatic heterocycles. The van der Waals surface area contributed by atoms with Crippen molar-refractivity contribution in [2.75, 3.05) is 52.7 Å². The lowest BCUT2D eigenvalue weighted by atomic mass is 9.70. The number of quaternary nitrogens is 1. The molecule has 2 bridgehead atoms. The fourth-order valence-corrected chi connectivity index (χ4v) is 9.77. The Morgan fingerprint density at radius 3 is 2.09 bits per heavy atom. The van der Waals surface area contributed by atoms with Crippen molar-refractivity contribution in [3.8, 4) is 23.0 Å². The van der Waals surface area contributed by atoms with E-state index in [4.69, 9.17) is 50.2 Å². The summed E-state index contributed by atoms with van der Waals surface area (Å²) < 4.78 is 28.4. The van der Waals surface area contributed by atoms with Crippen LogP contribution in [0.3, 0.4) is 0 Å². The maximum atomic E-state index is 13.8. The zero-order valence-corrected chi connectivity index (χ0v) is 32.4. The molecule has 0 saturated carbocycles. The van der Waals surface area contributed by atoms with Crippen molar-refractivity contribution in [1.29, 1.82) is 0 Å². The first-order valence-electron chi connectivity index (χ1n) is 17.8. The fraction of sp³-hybridized carbons (Fsp3) is 0.410. The molecule has 2 amide bonds. The molecule has 5 heterocycles. The Bertz CT molecular complexity index is 1920. The Morgan fingerprint density at radius 2 is 1.52 bits per heavy atom. The Morgan fingerprint density at radius 1 is 0.926 bits per heavy atom. The number of fused-ring (bicyclic) bond motifs is 4. The van der Waals surface area contributed by atoms with Gasteiger partial charge in [-0.05, 0) is 47.5 Å². The number of β-lactam (4-membered cyclic amide) rings is 1. The van der Waals surface area contributed by atoms with Gasteiger partial charge in [0, 0.05) is 42.5 Å². The van der Waals surface area contributed by atoms with Gasteiger partial charge in [0.15, 0.2) is 11.5 Å². The van der Waals surface area contributed by atoms with Crippen LogP contribution in [0, 0.1) is 5.41 Å². The topological polar surface area (TPSA) is 113 Å². The summed E-state index contributed by atoms with van der Waals surface area (Å²) in [7, 11) is 8.52. The normalized spacial score (nSPS) is 24.3. The number of nitrogens with one attached hydrogen (secondary N) is 1. The maximum Gasteiger partial charge on any atom is 0.378 e. The van der Waals surface area contributed by atoms with Gasteiger partial charge < -0.3 is 33.4 Å². The van der Waals surface area contributed by atoms with E-state index in [9.17, 15) is 14.4 Å². The summed E-state index contributed by atoms with van der Waals surface area (Å²) in [5, 5.41) is 2.40. The van der Waals surface area contributed by atoms with Crippen LogP contribution in [0.1, 0.15) is 40.7 Å². The highest BCUT2D eigenvalue weighted by atomic mass is 35.5. The quantitative estimate of drug-likeness (QED) is 0.0959. The van der Waals surface area contributed by atoms with Crippen molar-refractivity contribution in [2.24, 2.45) is 5.41 Å². The summed E-state index contributed by atoms with van der Waals surface area (Å²) in [5.74, 6) is 1.46. The largest absolute Gasteiger partial charge is 0.539 e. The van der Waals surface area contributed by atoms with Crippen LogP contribution in [0.4, 0.5) is 0 Å². The third kappa shape index (κ3) is 7.60. The summed E-state index contributed by atoms with van der Waals surface area (Å²) >= 11 is 14.7. The molecule has 0 aromatic heterocycles. The second-order valence-corrected chi connectivity index (χ2v) is 16.3. The minimum atomic E-state index is -0.707. The lowest BCUT2D eigenvalue weighted by Crippen LogP contribution is -2.66. The second kappa shape index (κ2) is 16.0. The average Bonchev–Trinajstić information content (AvgIpc) is 3.22. The zero-order valence-electron chi connectivity index (χ0n) is 30.1. The molecular weight excluding hydrogens is 752 g/mol. The Kier molecular flexibility index (Phi) is 11.3. The number of thioether (sulfide) groups is 1. The first kappa shape index (κ1) is 38.2. The third-order valence-electron chi connectivity index (χ3n) is 11.2. The molecule has 1 N–H and O–H groups in total. The van der Waals surface area contributed by atoms with E-state index in [1.165, 1.54) is 4.90 Å². The Labute approximate surface area is 330 Å². The average molecular weight is 794 g/mol. The van der Waals surface area contributed by atoms with Crippen LogP contribution in [-0.4, -0.2) is 98.7 Å². The molecule has 3 aromatic carbocycles. The molecule has 54 heavy (non-hydrogen) atoms. The molecule has 2 atom stereocenters. The lowest BCUT2D eigenvalue weighted by molar-refractivity contribution is -0.941. The minimum Gasteiger partial charge on any atom is -0.539 e. The number of hydrogen-bond donors (Lipinski definition) is 1. The van der Waals surface area contributed by atoms with E-state index in [0.717, 1.165) is 71.6 Å². The number of carbonyl (C=O) groups excluding carboxylic acids is 3. The summed E-state index contributed by atoms with van der Waals surface area (Å²) in [6.07, 6.45) is 2.71. The van der Waals surface area contributed by atoms with E-state index in [0.29, 0.717) is 30.2 Å². The van der Waals surface area contributed by atoms with Crippen LogP contribution < -0.4 is 24.3 Å². The van der Waals surface area contributed by atoms with E-state index in [1.54, 1.807) is 38.1 Å². The molecule has 2 radical (unpaired) electrons. The van der Waals surface area contributed by atoms with Crippen LogP contribution >= 0.6 is 35.0 Å². The number of alkyl halides is 1. The summed E-state index contributed by atoms with van der Waals surface area (Å²) in [5.41, 5.74) is 3.16. The molecule has 4 saturated heterocycles. The molecule has 282 valence electrons. The molecule has 4 fully saturated rings. The molecule has 11 nitrogen and oxygen atoms in total. The Balaban J connectivity index is 1.02. The molecule has 3 aromatic rings. The number of methoxy groups -OCH3 is 2. The maximum absolute atomic E-state index is 13.8. The van der Waals surface area contributed by atoms with Gasteiger partial charge in [0.05, 0.1) is 44.4 Å². The van der Waals surface area contributed by atoms with E-state index in [2.05, 4.69) is 9.97 Å². The number of piperidine rings is 3. The number of benzene rings is 3. The molecule has 5 aliphatic rings. The summed E-state index contributed by atoms with van der Waals surface area (Å²) in [6, 6.07) is 18.5. The molecule has 0 spiro atoms. The van der Waals surface area contributed by atoms with Gasteiger partial charge in [-0.25, -0.2) is 4.79 Å². The van der Waals surface area contributed by atoms with Crippen molar-refractivity contribution >= 4 is 60.8 Å². The third-order valence-corrected chi connectivity index (χ3v) is 13.5. The number of ether oxygens (including phenoxy) is 4. The first-order valence-corrected chi connectivity index (χ1v) is 19.6. The lowest BCUT2D eigenvalue weighted by Gasteiger charge is -2.56. The van der Waals surface area contributed by atoms with Crippen molar-refractivity contribution in [3.05, 3.63) is 93.6 Å². The highest BCUT2D eigenvalue weighted by Crippen LogP contribution is 2.47. The summed E-state index contributed by atoms with van der Waals surface area (Å²) in [4.78, 5) is 40.6. The number of halogens is 2. The van der Waals surface area contributed by atoms with Gasteiger partial charge in [-0.1, -0.05) is 35.9 Å². The SMILES string of the molecule is [B]OC(=O)C1=C(C[N+]23CCC(CNC(=O)c4ccc(OCc5ccc(OC)cc5)c(OCc5ccc(OC)cc5)c4Cl)(CC2)CC3)CS[C@@H]2[C@H](Cl)C(=O)N12.